The SMILES string of the molecule is CCCC(=O)NCCN(CCc1cccc(Cl)c1)S(C)(=O)=O. The lowest BCUT2D eigenvalue weighted by atomic mass is 10.1. The molecular weight excluding hydrogens is 324 g/mol. The van der Waals surface area contributed by atoms with E-state index in [2.05, 4.69) is 5.32 Å². The Morgan fingerprint density at radius 3 is 2.64 bits per heavy atom. The monoisotopic (exact) mass is 346 g/mol. The Labute approximate surface area is 137 Å². The summed E-state index contributed by atoms with van der Waals surface area (Å²) in [4.78, 5) is 11.4. The van der Waals surface area contributed by atoms with Crippen molar-refractivity contribution in [2.45, 2.75) is 26.2 Å². The number of rotatable bonds is 9. The molecule has 0 aliphatic rings. The number of amides is 1. The number of nitrogens with zero attached hydrogens (tertiary/aromatic N) is 1. The van der Waals surface area contributed by atoms with Crippen LogP contribution in [0.1, 0.15) is 25.3 Å². The van der Waals surface area contributed by atoms with Crippen LogP contribution in [0.3, 0.4) is 0 Å². The summed E-state index contributed by atoms with van der Waals surface area (Å²) in [6.45, 7) is 2.88. The smallest absolute Gasteiger partial charge is 0.220 e. The molecule has 0 saturated heterocycles. The largest absolute Gasteiger partial charge is 0.355 e. The fourth-order valence-corrected chi connectivity index (χ4v) is 3.08. The third-order valence-corrected chi connectivity index (χ3v) is 4.71. The molecular formula is C15H23ClN2O3S. The van der Waals surface area contributed by atoms with E-state index in [4.69, 9.17) is 11.6 Å². The first-order valence-electron chi connectivity index (χ1n) is 7.29. The minimum atomic E-state index is -3.31. The Hall–Kier alpha value is -1.11. The predicted molar refractivity (Wildman–Crippen MR) is 89.5 cm³/mol. The van der Waals surface area contributed by atoms with Crippen molar-refractivity contribution in [1.29, 1.82) is 0 Å². The van der Waals surface area contributed by atoms with Crippen LogP contribution in [0.4, 0.5) is 0 Å². The Balaban J connectivity index is 2.53. The summed E-state index contributed by atoms with van der Waals surface area (Å²) in [6, 6.07) is 7.36. The number of carbonyl (C=O) groups excluding carboxylic acids is 1. The van der Waals surface area contributed by atoms with E-state index in [0.29, 0.717) is 31.0 Å². The normalized spacial score (nSPS) is 11.6. The minimum absolute atomic E-state index is 0.0502. The van der Waals surface area contributed by atoms with E-state index in [1.807, 2.05) is 25.1 Å². The summed E-state index contributed by atoms with van der Waals surface area (Å²) in [6.07, 6.45) is 2.99. The first-order valence-corrected chi connectivity index (χ1v) is 9.52. The zero-order valence-electron chi connectivity index (χ0n) is 13.0. The Morgan fingerprint density at radius 2 is 2.05 bits per heavy atom. The van der Waals surface area contributed by atoms with Gasteiger partial charge in [-0.05, 0) is 30.5 Å². The lowest BCUT2D eigenvalue weighted by Gasteiger charge is -2.20. The van der Waals surface area contributed by atoms with E-state index in [1.54, 1.807) is 6.07 Å². The molecule has 0 spiro atoms. The van der Waals surface area contributed by atoms with Crippen LogP contribution in [0, 0.1) is 0 Å². The molecule has 22 heavy (non-hydrogen) atoms. The van der Waals surface area contributed by atoms with Crippen LogP contribution >= 0.6 is 11.6 Å². The number of sulfonamides is 1. The van der Waals surface area contributed by atoms with Gasteiger partial charge in [-0.3, -0.25) is 4.79 Å². The lowest BCUT2D eigenvalue weighted by Crippen LogP contribution is -2.39. The molecule has 1 N–H and O–H groups in total. The van der Waals surface area contributed by atoms with Gasteiger partial charge in [-0.2, -0.15) is 0 Å². The standard InChI is InChI=1S/C15H23ClN2O3S/c1-3-5-15(19)17-9-11-18(22(2,20)21)10-8-13-6-4-7-14(16)12-13/h4,6-7,12H,3,5,8-11H2,1-2H3,(H,17,19). The van der Waals surface area contributed by atoms with Gasteiger partial charge < -0.3 is 5.32 Å². The zero-order valence-corrected chi connectivity index (χ0v) is 14.6. The van der Waals surface area contributed by atoms with Crippen LogP contribution in [0.25, 0.3) is 0 Å². The van der Waals surface area contributed by atoms with Crippen molar-refractivity contribution in [3.05, 3.63) is 34.9 Å². The minimum Gasteiger partial charge on any atom is -0.355 e. The fourth-order valence-electron chi connectivity index (χ4n) is 2.03. The molecule has 0 radical (unpaired) electrons. The van der Waals surface area contributed by atoms with Crippen molar-refractivity contribution in [3.8, 4) is 0 Å². The number of carbonyl (C=O) groups is 1. The Morgan fingerprint density at radius 1 is 1.32 bits per heavy atom. The van der Waals surface area contributed by atoms with Gasteiger partial charge in [0.2, 0.25) is 15.9 Å². The number of hydrogen-bond donors (Lipinski definition) is 1. The molecule has 0 bridgehead atoms. The van der Waals surface area contributed by atoms with E-state index in [1.165, 1.54) is 10.6 Å². The van der Waals surface area contributed by atoms with Crippen molar-refractivity contribution in [1.82, 2.24) is 9.62 Å². The maximum absolute atomic E-state index is 11.8. The van der Waals surface area contributed by atoms with Crippen molar-refractivity contribution in [2.24, 2.45) is 0 Å². The van der Waals surface area contributed by atoms with Crippen LogP contribution in [0.2, 0.25) is 5.02 Å². The molecule has 0 aliphatic heterocycles. The summed E-state index contributed by atoms with van der Waals surface area (Å²) < 4.78 is 25.0. The van der Waals surface area contributed by atoms with Crippen LogP contribution in [-0.4, -0.2) is 44.5 Å². The van der Waals surface area contributed by atoms with E-state index in [0.717, 1.165) is 12.0 Å². The number of benzene rings is 1. The summed E-state index contributed by atoms with van der Waals surface area (Å²) in [5.74, 6) is -0.0502. The quantitative estimate of drug-likeness (QED) is 0.744. The summed E-state index contributed by atoms with van der Waals surface area (Å²) in [5, 5.41) is 3.36. The van der Waals surface area contributed by atoms with Crippen molar-refractivity contribution >= 4 is 27.5 Å². The first-order chi connectivity index (χ1) is 10.3. The van der Waals surface area contributed by atoms with Crippen molar-refractivity contribution in [3.63, 3.8) is 0 Å². The summed E-state index contributed by atoms with van der Waals surface area (Å²) in [5.41, 5.74) is 0.983. The molecule has 0 aliphatic carbocycles. The van der Waals surface area contributed by atoms with E-state index in [9.17, 15) is 13.2 Å². The van der Waals surface area contributed by atoms with Crippen LogP contribution < -0.4 is 5.32 Å². The molecule has 0 saturated carbocycles. The first kappa shape index (κ1) is 18.9. The van der Waals surface area contributed by atoms with Gasteiger partial charge in [0.1, 0.15) is 0 Å². The molecule has 0 aromatic heterocycles. The van der Waals surface area contributed by atoms with Gasteiger partial charge in [-0.1, -0.05) is 30.7 Å². The van der Waals surface area contributed by atoms with E-state index in [-0.39, 0.29) is 12.5 Å². The van der Waals surface area contributed by atoms with Gasteiger partial charge in [-0.25, -0.2) is 12.7 Å². The fraction of sp³-hybridized carbons (Fsp3) is 0.533. The molecule has 1 aromatic carbocycles. The molecule has 1 aromatic rings. The van der Waals surface area contributed by atoms with Gasteiger partial charge >= 0.3 is 0 Å². The molecule has 1 amide bonds. The number of nitrogens with one attached hydrogen (secondary N) is 1. The molecule has 0 unspecified atom stereocenters. The van der Waals surface area contributed by atoms with Crippen molar-refractivity contribution < 1.29 is 13.2 Å². The molecule has 7 heteroatoms. The number of halogens is 1. The lowest BCUT2D eigenvalue weighted by molar-refractivity contribution is -0.121. The maximum Gasteiger partial charge on any atom is 0.220 e. The highest BCUT2D eigenvalue weighted by molar-refractivity contribution is 7.88. The van der Waals surface area contributed by atoms with Gasteiger partial charge in [-0.15, -0.1) is 0 Å². The molecule has 0 fully saturated rings. The van der Waals surface area contributed by atoms with Gasteiger partial charge in [0, 0.05) is 31.1 Å². The van der Waals surface area contributed by atoms with Crippen LogP contribution in [0.15, 0.2) is 24.3 Å². The molecule has 0 atom stereocenters. The summed E-state index contributed by atoms with van der Waals surface area (Å²) in [7, 11) is -3.31. The second kappa shape index (κ2) is 9.12. The molecule has 1 rings (SSSR count). The summed E-state index contributed by atoms with van der Waals surface area (Å²) >= 11 is 5.92. The predicted octanol–water partition coefficient (Wildman–Crippen LogP) is 2.06. The average molecular weight is 347 g/mol. The zero-order chi connectivity index (χ0) is 16.6. The topological polar surface area (TPSA) is 66.5 Å². The Kier molecular flexibility index (Phi) is 7.85. The Bertz CT molecular complexity index is 590. The third-order valence-electron chi connectivity index (χ3n) is 3.17. The second-order valence-corrected chi connectivity index (χ2v) is 7.56. The third kappa shape index (κ3) is 7.24. The molecule has 0 heterocycles. The van der Waals surface area contributed by atoms with Crippen LogP contribution in [-0.2, 0) is 21.2 Å². The van der Waals surface area contributed by atoms with Crippen LogP contribution in [0.5, 0.6) is 0 Å². The second-order valence-electron chi connectivity index (χ2n) is 5.14. The van der Waals surface area contributed by atoms with E-state index >= 15 is 0 Å². The maximum atomic E-state index is 11.8. The highest BCUT2D eigenvalue weighted by Gasteiger charge is 2.16. The average Bonchev–Trinajstić information content (AvgIpc) is 2.41. The van der Waals surface area contributed by atoms with Crippen molar-refractivity contribution in [2.75, 3.05) is 25.9 Å². The highest BCUT2D eigenvalue weighted by atomic mass is 35.5. The highest BCUT2D eigenvalue weighted by Crippen LogP contribution is 2.12. The molecule has 124 valence electrons. The molecule has 5 nitrogen and oxygen atoms in total. The van der Waals surface area contributed by atoms with Gasteiger partial charge in [0.15, 0.2) is 0 Å². The van der Waals surface area contributed by atoms with E-state index < -0.39 is 10.0 Å². The number of hydrogen-bond acceptors (Lipinski definition) is 3. The van der Waals surface area contributed by atoms with Gasteiger partial charge in [0.25, 0.3) is 0 Å². The van der Waals surface area contributed by atoms with Gasteiger partial charge in [0.05, 0.1) is 6.26 Å².